The third-order valence-corrected chi connectivity index (χ3v) is 1.88. The topological polar surface area (TPSA) is 38.3 Å². The number of methoxy groups -OCH3 is 1. The van der Waals surface area contributed by atoms with E-state index >= 15 is 0 Å². The number of carbonyl (C=O) groups is 1. The summed E-state index contributed by atoms with van der Waals surface area (Å²) in [5.41, 5.74) is 0.0207. The van der Waals surface area contributed by atoms with Gasteiger partial charge in [0.25, 0.3) is 0 Å². The minimum atomic E-state index is -4.39. The van der Waals surface area contributed by atoms with E-state index in [2.05, 4.69) is 10.1 Å². The molecule has 0 aliphatic rings. The van der Waals surface area contributed by atoms with Gasteiger partial charge in [-0.15, -0.1) is 0 Å². The van der Waals surface area contributed by atoms with Crippen molar-refractivity contribution < 1.29 is 22.7 Å². The molecule has 0 aliphatic heterocycles. The van der Waals surface area contributed by atoms with E-state index in [0.29, 0.717) is 5.56 Å². The predicted octanol–water partition coefficient (Wildman–Crippen LogP) is 4.26. The molecular formula is C14H22F3NO2. The lowest BCUT2D eigenvalue weighted by molar-refractivity contribution is -0.137. The van der Waals surface area contributed by atoms with E-state index in [4.69, 9.17) is 0 Å². The molecule has 116 valence electrons. The molecular weight excluding hydrogens is 271 g/mol. The van der Waals surface area contributed by atoms with Crippen molar-refractivity contribution in [3.63, 3.8) is 0 Å². The maximum Gasteiger partial charge on any atom is 0.416 e. The minimum absolute atomic E-state index is 0.192. The van der Waals surface area contributed by atoms with Crippen LogP contribution in [0.1, 0.15) is 31.9 Å². The number of hydrogen-bond acceptors (Lipinski definition) is 2. The Kier molecular flexibility index (Phi) is 10.6. The van der Waals surface area contributed by atoms with Crippen LogP contribution < -0.4 is 5.32 Å². The molecule has 1 aromatic rings. The Hall–Kier alpha value is -1.56. The molecule has 1 amide bonds. The molecule has 0 heterocycles. The van der Waals surface area contributed by atoms with Crippen molar-refractivity contribution in [1.29, 1.82) is 0 Å². The molecule has 0 atom stereocenters. The van der Waals surface area contributed by atoms with Crippen LogP contribution in [-0.4, -0.2) is 20.1 Å². The summed E-state index contributed by atoms with van der Waals surface area (Å²) in [5, 5.41) is 2.35. The zero-order valence-corrected chi connectivity index (χ0v) is 12.7. The molecule has 20 heavy (non-hydrogen) atoms. The van der Waals surface area contributed by atoms with Crippen LogP contribution in [0.3, 0.4) is 0 Å². The molecule has 1 aromatic carbocycles. The predicted molar refractivity (Wildman–Crippen MR) is 74.8 cm³/mol. The van der Waals surface area contributed by atoms with Gasteiger partial charge in [-0.3, -0.25) is 4.79 Å². The molecule has 3 nitrogen and oxygen atoms in total. The lowest BCUT2D eigenvalue weighted by Gasteiger charge is -2.11. The first kappa shape index (κ1) is 20.8. The summed E-state index contributed by atoms with van der Waals surface area (Å²) in [6, 6.07) is 3.24. The minimum Gasteiger partial charge on any atom is -0.388 e. The van der Waals surface area contributed by atoms with Gasteiger partial charge in [0.15, 0.2) is 0 Å². The molecule has 0 spiro atoms. The highest BCUT2D eigenvalue weighted by Gasteiger charge is 2.30. The second-order valence-corrected chi connectivity index (χ2v) is 3.62. The lowest BCUT2D eigenvalue weighted by atomic mass is 10.1. The summed E-state index contributed by atoms with van der Waals surface area (Å²) in [6.45, 7) is 6.88. The van der Waals surface area contributed by atoms with Gasteiger partial charge in [-0.25, -0.2) is 0 Å². The lowest BCUT2D eigenvalue weighted by Crippen LogP contribution is -2.10. The van der Waals surface area contributed by atoms with Crippen molar-refractivity contribution >= 4 is 11.6 Å². The molecule has 0 saturated carbocycles. The summed E-state index contributed by atoms with van der Waals surface area (Å²) in [5.74, 6) is -0.391. The van der Waals surface area contributed by atoms with E-state index in [1.54, 1.807) is 21.1 Å². The van der Waals surface area contributed by atoms with Crippen molar-refractivity contribution in [2.45, 2.75) is 33.9 Å². The van der Waals surface area contributed by atoms with E-state index in [1.807, 2.05) is 13.8 Å². The fourth-order valence-corrected chi connectivity index (χ4v) is 1.12. The average Bonchev–Trinajstić information content (AvgIpc) is 2.33. The van der Waals surface area contributed by atoms with Crippen molar-refractivity contribution in [3.05, 3.63) is 29.3 Å². The second-order valence-electron chi connectivity index (χ2n) is 3.62. The van der Waals surface area contributed by atoms with Crippen molar-refractivity contribution in [3.8, 4) is 0 Å². The first-order valence-corrected chi connectivity index (χ1v) is 6.08. The first-order valence-electron chi connectivity index (χ1n) is 6.08. The van der Waals surface area contributed by atoms with Crippen LogP contribution in [-0.2, 0) is 15.7 Å². The van der Waals surface area contributed by atoms with E-state index in [9.17, 15) is 18.0 Å². The number of hydrogen-bond donors (Lipinski definition) is 1. The standard InChI is InChI=1S/C10H10F3NO.C2H6O.C2H6/c1-6-3-4-8(10(11,12)13)5-9(6)14-7(2)15;1-3-2;1-2/h3-5H,1-2H3,(H,14,15);1-2H3;1-2H3. The Bertz CT molecular complexity index is 404. The van der Waals surface area contributed by atoms with E-state index < -0.39 is 17.6 Å². The fraction of sp³-hybridized carbons (Fsp3) is 0.500. The van der Waals surface area contributed by atoms with Gasteiger partial charge in [-0.05, 0) is 24.6 Å². The molecule has 0 radical (unpaired) electrons. The number of benzene rings is 1. The van der Waals surface area contributed by atoms with Gasteiger partial charge >= 0.3 is 6.18 Å². The number of amides is 1. The van der Waals surface area contributed by atoms with Gasteiger partial charge in [0.1, 0.15) is 0 Å². The zero-order chi connectivity index (χ0) is 16.3. The Morgan fingerprint density at radius 1 is 1.20 bits per heavy atom. The maximum absolute atomic E-state index is 12.3. The quantitative estimate of drug-likeness (QED) is 0.840. The first-order chi connectivity index (χ1) is 9.22. The number of ether oxygens (including phenoxy) is 1. The second kappa shape index (κ2) is 10.3. The normalized spacial score (nSPS) is 9.65. The largest absolute Gasteiger partial charge is 0.416 e. The molecule has 0 aliphatic carbocycles. The summed E-state index contributed by atoms with van der Waals surface area (Å²) < 4.78 is 41.2. The van der Waals surface area contributed by atoms with Gasteiger partial charge in [-0.2, -0.15) is 13.2 Å². The number of nitrogens with one attached hydrogen (secondary N) is 1. The van der Waals surface area contributed by atoms with Gasteiger partial charge in [0.05, 0.1) is 5.56 Å². The van der Waals surface area contributed by atoms with Crippen molar-refractivity contribution in [1.82, 2.24) is 0 Å². The average molecular weight is 293 g/mol. The Balaban J connectivity index is 0. The highest BCUT2D eigenvalue weighted by molar-refractivity contribution is 5.89. The van der Waals surface area contributed by atoms with Gasteiger partial charge in [0.2, 0.25) is 5.91 Å². The Morgan fingerprint density at radius 2 is 1.65 bits per heavy atom. The van der Waals surface area contributed by atoms with Crippen LogP contribution in [0.4, 0.5) is 18.9 Å². The number of aryl methyl sites for hydroxylation is 1. The molecule has 1 N–H and O–H groups in total. The third kappa shape index (κ3) is 8.53. The highest BCUT2D eigenvalue weighted by Crippen LogP contribution is 2.31. The Labute approximate surface area is 118 Å². The summed E-state index contributed by atoms with van der Waals surface area (Å²) in [4.78, 5) is 10.7. The SMILES string of the molecule is CC.CC(=O)Nc1cc(C(F)(F)F)ccc1C.COC. The number of alkyl halides is 3. The molecule has 6 heteroatoms. The van der Waals surface area contributed by atoms with Crippen LogP contribution in [0, 0.1) is 6.92 Å². The summed E-state index contributed by atoms with van der Waals surface area (Å²) in [6.07, 6.45) is -4.39. The molecule has 0 fully saturated rings. The summed E-state index contributed by atoms with van der Waals surface area (Å²) >= 11 is 0. The maximum atomic E-state index is 12.3. The molecule has 0 bridgehead atoms. The van der Waals surface area contributed by atoms with E-state index in [1.165, 1.54) is 13.0 Å². The van der Waals surface area contributed by atoms with Crippen LogP contribution in [0.25, 0.3) is 0 Å². The van der Waals surface area contributed by atoms with E-state index in [-0.39, 0.29) is 5.69 Å². The number of halogens is 3. The monoisotopic (exact) mass is 293 g/mol. The Morgan fingerprint density at radius 3 is 2.00 bits per heavy atom. The number of carbonyl (C=O) groups excluding carboxylic acids is 1. The number of anilines is 1. The third-order valence-electron chi connectivity index (χ3n) is 1.88. The van der Waals surface area contributed by atoms with Crippen LogP contribution >= 0.6 is 0 Å². The number of rotatable bonds is 1. The molecule has 1 rings (SSSR count). The van der Waals surface area contributed by atoms with Gasteiger partial charge < -0.3 is 10.1 Å². The highest BCUT2D eigenvalue weighted by atomic mass is 19.4. The van der Waals surface area contributed by atoms with Crippen molar-refractivity contribution in [2.24, 2.45) is 0 Å². The van der Waals surface area contributed by atoms with Gasteiger partial charge in [0, 0.05) is 26.8 Å². The van der Waals surface area contributed by atoms with Crippen LogP contribution in [0.2, 0.25) is 0 Å². The smallest absolute Gasteiger partial charge is 0.388 e. The van der Waals surface area contributed by atoms with E-state index in [0.717, 1.165) is 12.1 Å². The fourth-order valence-electron chi connectivity index (χ4n) is 1.12. The van der Waals surface area contributed by atoms with Crippen LogP contribution in [0.15, 0.2) is 18.2 Å². The van der Waals surface area contributed by atoms with Crippen LogP contribution in [0.5, 0.6) is 0 Å². The molecule has 0 unspecified atom stereocenters. The summed E-state index contributed by atoms with van der Waals surface area (Å²) in [7, 11) is 3.25. The zero-order valence-electron chi connectivity index (χ0n) is 12.7. The molecule has 0 saturated heterocycles. The molecule has 0 aromatic heterocycles. The van der Waals surface area contributed by atoms with Crippen molar-refractivity contribution in [2.75, 3.05) is 19.5 Å². The van der Waals surface area contributed by atoms with Gasteiger partial charge in [-0.1, -0.05) is 19.9 Å².